The highest BCUT2D eigenvalue weighted by Crippen LogP contribution is 2.32. The van der Waals surface area contributed by atoms with Crippen molar-refractivity contribution in [3.05, 3.63) is 35.9 Å². The standard InChI is InChI=1S/C12H13ClO/c1-12(8-9-13)7-6-10-4-2-3-5-11(10)14-12/h2-7H,8-9H2,1H3. The minimum Gasteiger partial charge on any atom is -0.483 e. The maximum Gasteiger partial charge on any atom is 0.127 e. The predicted molar refractivity (Wildman–Crippen MR) is 59.8 cm³/mol. The molecule has 0 amide bonds. The van der Waals surface area contributed by atoms with Crippen molar-refractivity contribution in [3.8, 4) is 5.75 Å². The van der Waals surface area contributed by atoms with E-state index >= 15 is 0 Å². The number of ether oxygens (including phenoxy) is 1. The van der Waals surface area contributed by atoms with E-state index in [2.05, 4.69) is 19.1 Å². The van der Waals surface area contributed by atoms with E-state index < -0.39 is 0 Å². The number of halogens is 1. The van der Waals surface area contributed by atoms with Crippen LogP contribution in [0, 0.1) is 0 Å². The topological polar surface area (TPSA) is 9.23 Å². The highest BCUT2D eigenvalue weighted by Gasteiger charge is 2.26. The van der Waals surface area contributed by atoms with Crippen LogP contribution in [-0.2, 0) is 0 Å². The summed E-state index contributed by atoms with van der Waals surface area (Å²) < 4.78 is 5.89. The first-order valence-corrected chi connectivity index (χ1v) is 5.30. The fourth-order valence-electron chi connectivity index (χ4n) is 1.58. The van der Waals surface area contributed by atoms with Crippen molar-refractivity contribution >= 4 is 17.7 Å². The van der Waals surface area contributed by atoms with Crippen LogP contribution in [-0.4, -0.2) is 11.5 Å². The van der Waals surface area contributed by atoms with Crippen LogP contribution in [0.3, 0.4) is 0 Å². The van der Waals surface area contributed by atoms with Gasteiger partial charge in [0.1, 0.15) is 11.4 Å². The number of fused-ring (bicyclic) bond motifs is 1. The van der Waals surface area contributed by atoms with Gasteiger partial charge in [-0.3, -0.25) is 0 Å². The lowest BCUT2D eigenvalue weighted by Gasteiger charge is -2.30. The molecular weight excluding hydrogens is 196 g/mol. The van der Waals surface area contributed by atoms with Crippen LogP contribution in [0.2, 0.25) is 0 Å². The number of hydrogen-bond acceptors (Lipinski definition) is 1. The van der Waals surface area contributed by atoms with Crippen LogP contribution in [0.1, 0.15) is 18.9 Å². The number of para-hydroxylation sites is 1. The van der Waals surface area contributed by atoms with Gasteiger partial charge >= 0.3 is 0 Å². The molecule has 0 bridgehead atoms. The van der Waals surface area contributed by atoms with Crippen molar-refractivity contribution in [2.75, 3.05) is 5.88 Å². The average Bonchev–Trinajstić information content (AvgIpc) is 2.17. The maximum atomic E-state index is 5.89. The lowest BCUT2D eigenvalue weighted by molar-refractivity contribution is 0.134. The summed E-state index contributed by atoms with van der Waals surface area (Å²) in [6.07, 6.45) is 5.02. The summed E-state index contributed by atoms with van der Waals surface area (Å²) in [5.41, 5.74) is 0.898. The Labute approximate surface area is 89.3 Å². The molecule has 1 atom stereocenters. The predicted octanol–water partition coefficient (Wildman–Crippen LogP) is 3.48. The van der Waals surface area contributed by atoms with Crippen LogP contribution in [0.15, 0.2) is 30.3 Å². The van der Waals surface area contributed by atoms with E-state index in [0.717, 1.165) is 17.7 Å². The third-order valence-electron chi connectivity index (χ3n) is 2.47. The van der Waals surface area contributed by atoms with Crippen molar-refractivity contribution in [3.63, 3.8) is 0 Å². The van der Waals surface area contributed by atoms with Crippen LogP contribution in [0.25, 0.3) is 6.08 Å². The molecule has 1 aliphatic heterocycles. The van der Waals surface area contributed by atoms with Crippen LogP contribution >= 0.6 is 11.6 Å². The molecule has 14 heavy (non-hydrogen) atoms. The number of rotatable bonds is 2. The second-order valence-corrected chi connectivity index (χ2v) is 4.10. The van der Waals surface area contributed by atoms with Gasteiger partial charge in [-0.25, -0.2) is 0 Å². The summed E-state index contributed by atoms with van der Waals surface area (Å²) in [4.78, 5) is 0. The number of hydrogen-bond donors (Lipinski definition) is 0. The van der Waals surface area contributed by atoms with Crippen molar-refractivity contribution in [2.24, 2.45) is 0 Å². The van der Waals surface area contributed by atoms with Gasteiger partial charge in [0.15, 0.2) is 0 Å². The van der Waals surface area contributed by atoms with E-state index in [1.165, 1.54) is 0 Å². The third kappa shape index (κ3) is 1.78. The van der Waals surface area contributed by atoms with E-state index in [4.69, 9.17) is 16.3 Å². The smallest absolute Gasteiger partial charge is 0.127 e. The summed E-state index contributed by atoms with van der Waals surface area (Å²) in [6.45, 7) is 2.06. The molecule has 1 aromatic carbocycles. The van der Waals surface area contributed by atoms with Gasteiger partial charge in [0.25, 0.3) is 0 Å². The highest BCUT2D eigenvalue weighted by atomic mass is 35.5. The molecule has 0 saturated heterocycles. The van der Waals surface area contributed by atoms with Crippen LogP contribution in [0.4, 0.5) is 0 Å². The van der Waals surface area contributed by atoms with Gasteiger partial charge in [-0.15, -0.1) is 11.6 Å². The first-order chi connectivity index (χ1) is 6.73. The molecule has 1 nitrogen and oxygen atoms in total. The summed E-state index contributed by atoms with van der Waals surface area (Å²) in [5, 5.41) is 0. The van der Waals surface area contributed by atoms with E-state index in [-0.39, 0.29) is 5.60 Å². The SMILES string of the molecule is CC1(CCCl)C=Cc2ccccc2O1. The molecule has 0 radical (unpaired) electrons. The summed E-state index contributed by atoms with van der Waals surface area (Å²) >= 11 is 5.74. The molecule has 0 N–H and O–H groups in total. The molecule has 1 unspecified atom stereocenters. The monoisotopic (exact) mass is 208 g/mol. The molecule has 74 valence electrons. The Morgan fingerprint density at radius 3 is 2.93 bits per heavy atom. The quantitative estimate of drug-likeness (QED) is 0.677. The zero-order valence-electron chi connectivity index (χ0n) is 8.16. The molecule has 0 spiro atoms. The Kier molecular flexibility index (Phi) is 2.51. The normalized spacial score (nSPS) is 24.1. The Hall–Kier alpha value is -0.950. The van der Waals surface area contributed by atoms with Gasteiger partial charge in [0.05, 0.1) is 0 Å². The fraction of sp³-hybridized carbons (Fsp3) is 0.333. The van der Waals surface area contributed by atoms with E-state index in [9.17, 15) is 0 Å². The first kappa shape index (κ1) is 9.60. The summed E-state index contributed by atoms with van der Waals surface area (Å²) in [5.74, 6) is 1.56. The zero-order chi connectivity index (χ0) is 10.0. The van der Waals surface area contributed by atoms with Gasteiger partial charge in [0.2, 0.25) is 0 Å². The molecule has 0 aromatic heterocycles. The highest BCUT2D eigenvalue weighted by molar-refractivity contribution is 6.17. The van der Waals surface area contributed by atoms with E-state index in [0.29, 0.717) is 5.88 Å². The summed E-state index contributed by atoms with van der Waals surface area (Å²) in [7, 11) is 0. The Bertz CT molecular complexity index is 359. The van der Waals surface area contributed by atoms with Gasteiger partial charge < -0.3 is 4.74 Å². The minimum absolute atomic E-state index is 0.240. The first-order valence-electron chi connectivity index (χ1n) is 4.77. The van der Waals surface area contributed by atoms with Crippen molar-refractivity contribution in [2.45, 2.75) is 18.9 Å². The molecular formula is C12H13ClO. The Balaban J connectivity index is 2.29. The van der Waals surface area contributed by atoms with E-state index in [1.54, 1.807) is 0 Å². The second-order valence-electron chi connectivity index (χ2n) is 3.72. The minimum atomic E-state index is -0.240. The summed E-state index contributed by atoms with van der Waals surface area (Å²) in [6, 6.07) is 8.03. The molecule has 0 aliphatic carbocycles. The van der Waals surface area contributed by atoms with Gasteiger partial charge in [-0.2, -0.15) is 0 Å². The zero-order valence-corrected chi connectivity index (χ0v) is 8.92. The maximum absolute atomic E-state index is 5.89. The largest absolute Gasteiger partial charge is 0.483 e. The van der Waals surface area contributed by atoms with Crippen LogP contribution in [0.5, 0.6) is 5.75 Å². The van der Waals surface area contributed by atoms with Crippen LogP contribution < -0.4 is 4.74 Å². The molecule has 2 heteroatoms. The molecule has 1 aliphatic rings. The fourth-order valence-corrected chi connectivity index (χ4v) is 1.96. The lowest BCUT2D eigenvalue weighted by atomic mass is 9.98. The number of benzene rings is 1. The van der Waals surface area contributed by atoms with E-state index in [1.807, 2.05) is 24.3 Å². The molecule has 1 heterocycles. The molecule has 0 saturated carbocycles. The van der Waals surface area contributed by atoms with Gasteiger partial charge in [-0.1, -0.05) is 24.3 Å². The van der Waals surface area contributed by atoms with Crippen molar-refractivity contribution in [1.82, 2.24) is 0 Å². The van der Waals surface area contributed by atoms with Crippen molar-refractivity contribution < 1.29 is 4.74 Å². The Morgan fingerprint density at radius 1 is 1.36 bits per heavy atom. The molecule has 2 rings (SSSR count). The second kappa shape index (κ2) is 3.66. The Morgan fingerprint density at radius 2 is 2.14 bits per heavy atom. The lowest BCUT2D eigenvalue weighted by Crippen LogP contribution is -2.32. The van der Waals surface area contributed by atoms with Gasteiger partial charge in [-0.05, 0) is 19.1 Å². The third-order valence-corrected chi connectivity index (χ3v) is 2.66. The van der Waals surface area contributed by atoms with Crippen molar-refractivity contribution in [1.29, 1.82) is 0 Å². The molecule has 1 aromatic rings. The number of alkyl halides is 1. The average molecular weight is 209 g/mol. The van der Waals surface area contributed by atoms with Gasteiger partial charge in [0, 0.05) is 17.9 Å². The molecule has 0 fully saturated rings.